The van der Waals surface area contributed by atoms with E-state index in [-0.39, 0.29) is 11.2 Å². The van der Waals surface area contributed by atoms with Crippen molar-refractivity contribution >= 4 is 10.0 Å². The number of hydrogen-bond donors (Lipinski definition) is 0. The Morgan fingerprint density at radius 3 is 2.78 bits per heavy atom. The third kappa shape index (κ3) is 2.42. The summed E-state index contributed by atoms with van der Waals surface area (Å²) in [5.74, 6) is 1.25. The molecule has 0 aliphatic carbocycles. The molecule has 1 unspecified atom stereocenters. The second-order valence-electron chi connectivity index (χ2n) is 5.05. The summed E-state index contributed by atoms with van der Waals surface area (Å²) in [7, 11) is -3.15. The number of hydrogen-bond acceptors (Lipinski definition) is 5. The van der Waals surface area contributed by atoms with Gasteiger partial charge in [-0.25, -0.2) is 12.7 Å². The fourth-order valence-electron chi connectivity index (χ4n) is 2.33. The monoisotopic (exact) mass is 273 g/mol. The van der Waals surface area contributed by atoms with Crippen LogP contribution in [0.25, 0.3) is 0 Å². The molecular weight excluding hydrogens is 254 g/mol. The second-order valence-corrected chi connectivity index (χ2v) is 7.30. The number of piperidine rings is 1. The Bertz CT molecular complexity index is 525. The van der Waals surface area contributed by atoms with Crippen LogP contribution in [0, 0.1) is 6.92 Å². The Morgan fingerprint density at radius 2 is 2.22 bits per heavy atom. The maximum absolute atomic E-state index is 11.9. The molecule has 1 fully saturated rings. The highest BCUT2D eigenvalue weighted by molar-refractivity contribution is 7.89. The van der Waals surface area contributed by atoms with Crippen LogP contribution in [-0.4, -0.2) is 41.7 Å². The molecule has 2 rings (SSSR count). The van der Waals surface area contributed by atoms with Gasteiger partial charge in [-0.05, 0) is 33.6 Å². The van der Waals surface area contributed by atoms with E-state index in [1.807, 2.05) is 6.92 Å². The van der Waals surface area contributed by atoms with Gasteiger partial charge in [0.1, 0.15) is 0 Å². The third-order valence-electron chi connectivity index (χ3n) is 3.46. The second kappa shape index (κ2) is 4.62. The normalized spacial score (nSPS) is 26.4. The lowest BCUT2D eigenvalue weighted by Gasteiger charge is -2.36. The van der Waals surface area contributed by atoms with Crippen LogP contribution < -0.4 is 0 Å². The van der Waals surface area contributed by atoms with Gasteiger partial charge in [-0.3, -0.25) is 0 Å². The summed E-state index contributed by atoms with van der Waals surface area (Å²) in [5, 5.41) is 3.79. The van der Waals surface area contributed by atoms with Gasteiger partial charge in [0, 0.05) is 13.1 Å². The van der Waals surface area contributed by atoms with Crippen LogP contribution in [0.1, 0.15) is 38.4 Å². The van der Waals surface area contributed by atoms with E-state index in [1.165, 1.54) is 4.31 Å². The van der Waals surface area contributed by atoms with E-state index in [4.69, 9.17) is 4.52 Å². The highest BCUT2D eigenvalue weighted by atomic mass is 32.2. The van der Waals surface area contributed by atoms with Crippen LogP contribution in [0.5, 0.6) is 0 Å². The quantitative estimate of drug-likeness (QED) is 0.823. The molecule has 0 N–H and O–H groups in total. The van der Waals surface area contributed by atoms with Gasteiger partial charge in [0.05, 0.1) is 11.2 Å². The molecule has 0 spiro atoms. The first kappa shape index (κ1) is 13.5. The number of sulfonamides is 1. The molecule has 1 aromatic rings. The van der Waals surface area contributed by atoms with Crippen LogP contribution in [0.15, 0.2) is 4.52 Å². The maximum atomic E-state index is 11.9. The Hall–Kier alpha value is -0.950. The number of aryl methyl sites for hydroxylation is 1. The van der Waals surface area contributed by atoms with Crippen LogP contribution in [0.3, 0.4) is 0 Å². The van der Waals surface area contributed by atoms with Gasteiger partial charge in [0.25, 0.3) is 0 Å². The van der Waals surface area contributed by atoms with Gasteiger partial charge in [0.15, 0.2) is 5.82 Å². The lowest BCUT2D eigenvalue weighted by molar-refractivity contribution is 0.191. The lowest BCUT2D eigenvalue weighted by Crippen LogP contribution is -2.47. The van der Waals surface area contributed by atoms with E-state index < -0.39 is 10.0 Å². The van der Waals surface area contributed by atoms with Crippen LogP contribution in [-0.2, 0) is 15.4 Å². The zero-order chi connectivity index (χ0) is 13.4. The van der Waals surface area contributed by atoms with E-state index in [0.29, 0.717) is 24.8 Å². The predicted octanol–water partition coefficient (Wildman–Crippen LogP) is 1.08. The van der Waals surface area contributed by atoms with Crippen LogP contribution in [0.2, 0.25) is 0 Å². The highest BCUT2D eigenvalue weighted by Crippen LogP contribution is 2.33. The molecular formula is C11H19N3O3S. The number of nitrogens with zero attached hydrogens (tertiary/aromatic N) is 3. The first-order valence-corrected chi connectivity index (χ1v) is 7.77. The minimum atomic E-state index is -3.15. The number of rotatable bonds is 3. The average molecular weight is 273 g/mol. The molecule has 0 bridgehead atoms. The van der Waals surface area contributed by atoms with Gasteiger partial charge in [0.2, 0.25) is 15.9 Å². The molecule has 18 heavy (non-hydrogen) atoms. The molecule has 102 valence electrons. The predicted molar refractivity (Wildman–Crippen MR) is 66.7 cm³/mol. The molecule has 1 aliphatic rings. The van der Waals surface area contributed by atoms with Crippen molar-refractivity contribution in [2.75, 3.05) is 18.8 Å². The SMILES string of the molecule is CCS(=O)(=O)N1CCCC(C)(c2nc(C)no2)C1. The van der Waals surface area contributed by atoms with Gasteiger partial charge in [-0.2, -0.15) is 4.98 Å². The van der Waals surface area contributed by atoms with Crippen molar-refractivity contribution in [1.29, 1.82) is 0 Å². The van der Waals surface area contributed by atoms with Crippen molar-refractivity contribution in [3.8, 4) is 0 Å². The molecule has 1 saturated heterocycles. The van der Waals surface area contributed by atoms with Gasteiger partial charge < -0.3 is 4.52 Å². The van der Waals surface area contributed by atoms with Gasteiger partial charge in [-0.1, -0.05) is 5.16 Å². The van der Waals surface area contributed by atoms with Crippen LogP contribution in [0.4, 0.5) is 0 Å². The molecule has 2 heterocycles. The summed E-state index contributed by atoms with van der Waals surface area (Å²) < 4.78 is 30.6. The Labute approximate surface area is 107 Å². The van der Waals surface area contributed by atoms with Gasteiger partial charge >= 0.3 is 0 Å². The standard InChI is InChI=1S/C11H19N3O3S/c1-4-18(15,16)14-7-5-6-11(3,8-14)10-12-9(2)13-17-10/h4-8H2,1-3H3. The van der Waals surface area contributed by atoms with E-state index in [0.717, 1.165) is 12.8 Å². The number of aromatic nitrogens is 2. The smallest absolute Gasteiger partial charge is 0.233 e. The zero-order valence-corrected chi connectivity index (χ0v) is 11.8. The summed E-state index contributed by atoms with van der Waals surface area (Å²) in [6.45, 7) is 6.42. The summed E-state index contributed by atoms with van der Waals surface area (Å²) in [6, 6.07) is 0. The summed E-state index contributed by atoms with van der Waals surface area (Å²) in [6.07, 6.45) is 1.68. The van der Waals surface area contributed by atoms with Crippen molar-refractivity contribution in [2.45, 2.75) is 39.0 Å². The fourth-order valence-corrected chi connectivity index (χ4v) is 3.58. The minimum Gasteiger partial charge on any atom is -0.339 e. The molecule has 1 aromatic heterocycles. The molecule has 0 radical (unpaired) electrons. The Balaban J connectivity index is 2.25. The Morgan fingerprint density at radius 1 is 1.50 bits per heavy atom. The van der Waals surface area contributed by atoms with E-state index >= 15 is 0 Å². The van der Waals surface area contributed by atoms with Crippen molar-refractivity contribution < 1.29 is 12.9 Å². The van der Waals surface area contributed by atoms with Crippen molar-refractivity contribution in [1.82, 2.24) is 14.4 Å². The first-order valence-electron chi connectivity index (χ1n) is 6.16. The summed E-state index contributed by atoms with van der Waals surface area (Å²) >= 11 is 0. The van der Waals surface area contributed by atoms with Gasteiger partial charge in [-0.15, -0.1) is 0 Å². The zero-order valence-electron chi connectivity index (χ0n) is 11.0. The maximum Gasteiger partial charge on any atom is 0.233 e. The Kier molecular flexibility index (Phi) is 3.46. The fraction of sp³-hybridized carbons (Fsp3) is 0.818. The van der Waals surface area contributed by atoms with E-state index in [1.54, 1.807) is 13.8 Å². The topological polar surface area (TPSA) is 76.3 Å². The largest absolute Gasteiger partial charge is 0.339 e. The molecule has 0 amide bonds. The molecule has 0 saturated carbocycles. The van der Waals surface area contributed by atoms with Crippen molar-refractivity contribution in [2.24, 2.45) is 0 Å². The molecule has 0 aromatic carbocycles. The van der Waals surface area contributed by atoms with Crippen molar-refractivity contribution in [3.63, 3.8) is 0 Å². The first-order chi connectivity index (χ1) is 8.37. The van der Waals surface area contributed by atoms with Crippen LogP contribution >= 0.6 is 0 Å². The summed E-state index contributed by atoms with van der Waals surface area (Å²) in [5.41, 5.74) is -0.373. The lowest BCUT2D eigenvalue weighted by atomic mass is 9.83. The minimum absolute atomic E-state index is 0.131. The van der Waals surface area contributed by atoms with E-state index in [2.05, 4.69) is 10.1 Å². The van der Waals surface area contributed by atoms with Crippen molar-refractivity contribution in [3.05, 3.63) is 11.7 Å². The molecule has 1 aliphatic heterocycles. The molecule has 1 atom stereocenters. The summed E-state index contributed by atoms with van der Waals surface area (Å²) in [4.78, 5) is 4.25. The molecule has 7 heteroatoms. The average Bonchev–Trinajstić information content (AvgIpc) is 2.77. The molecule has 6 nitrogen and oxygen atoms in total. The highest BCUT2D eigenvalue weighted by Gasteiger charge is 2.40. The van der Waals surface area contributed by atoms with E-state index in [9.17, 15) is 8.42 Å². The third-order valence-corrected chi connectivity index (χ3v) is 5.29.